The number of carbonyl (C=O) groups excluding carboxylic acids is 1. The first-order valence-electron chi connectivity index (χ1n) is 9.49. The van der Waals surface area contributed by atoms with Gasteiger partial charge in [-0.05, 0) is 45.7 Å². The zero-order valence-corrected chi connectivity index (χ0v) is 17.7. The lowest BCUT2D eigenvalue weighted by Crippen LogP contribution is -2.39. The van der Waals surface area contributed by atoms with Crippen molar-refractivity contribution in [1.29, 1.82) is 0 Å². The van der Waals surface area contributed by atoms with E-state index in [0.717, 1.165) is 0 Å². The van der Waals surface area contributed by atoms with Crippen molar-refractivity contribution < 1.29 is 24.0 Å². The molecule has 0 spiro atoms. The van der Waals surface area contributed by atoms with Gasteiger partial charge in [0.1, 0.15) is 0 Å². The third-order valence-electron chi connectivity index (χ3n) is 4.45. The first kappa shape index (κ1) is 28.0. The molecule has 0 heterocycles. The maximum absolute atomic E-state index is 8.33. The second-order valence-corrected chi connectivity index (χ2v) is 7.62. The van der Waals surface area contributed by atoms with E-state index in [9.17, 15) is 0 Å². The summed E-state index contributed by atoms with van der Waals surface area (Å²) in [5.74, 6) is 0. The van der Waals surface area contributed by atoms with E-state index in [4.69, 9.17) is 15.0 Å². The molecule has 5 heteroatoms. The highest BCUT2D eigenvalue weighted by Gasteiger charge is 2.10. The highest BCUT2D eigenvalue weighted by atomic mass is 16.6. The molecule has 0 atom stereocenters. The van der Waals surface area contributed by atoms with Crippen molar-refractivity contribution in [2.24, 2.45) is 0 Å². The molecule has 0 aromatic carbocycles. The molecule has 0 amide bonds. The number of hydrogen-bond donors (Lipinski definition) is 0. The smallest absolute Gasteiger partial charge is 0.0782 e. The number of rotatable bonds is 10. The Hall–Kier alpha value is -0.810. The average Bonchev–Trinajstić information content (AvgIpc) is 2.48. The molecular weight excluding hydrogens is 304 g/mol. The number of nitrogens with zero attached hydrogens (tertiary/aromatic N) is 2. The van der Waals surface area contributed by atoms with E-state index in [1.54, 1.807) is 0 Å². The van der Waals surface area contributed by atoms with Gasteiger partial charge in [0.05, 0.1) is 54.4 Å². The Labute approximate surface area is 151 Å². The van der Waals surface area contributed by atoms with Gasteiger partial charge in [-0.2, -0.15) is 0 Å². The Balaban J connectivity index is -0.000000301. The van der Waals surface area contributed by atoms with Gasteiger partial charge in [0.15, 0.2) is 0 Å². The van der Waals surface area contributed by atoms with Crippen LogP contribution in [0.1, 0.15) is 66.2 Å². The molecule has 0 aliphatic rings. The van der Waals surface area contributed by atoms with Crippen LogP contribution in [0.4, 0.5) is 4.79 Å². The second kappa shape index (κ2) is 17.0. The molecule has 0 saturated carbocycles. The number of carbonyl (C=O) groups is 1. The fraction of sp³-hybridized carbons (Fsp3) is 0.947. The molecule has 0 unspecified atom stereocenters. The Bertz CT molecular complexity index is 254. The van der Waals surface area contributed by atoms with Gasteiger partial charge in [-0.3, -0.25) is 0 Å². The minimum absolute atomic E-state index is 1.18. The number of hydrogen-bond acceptors (Lipinski definition) is 3. The summed E-state index contributed by atoms with van der Waals surface area (Å²) in [6.45, 7) is 14.2. The van der Waals surface area contributed by atoms with Gasteiger partial charge in [0.25, 0.3) is 0 Å². The fourth-order valence-corrected chi connectivity index (χ4v) is 1.90. The van der Waals surface area contributed by atoms with Gasteiger partial charge in [-0.15, -0.1) is 0 Å². The molecule has 0 N–H and O–H groups in total. The van der Waals surface area contributed by atoms with E-state index in [2.05, 4.69) is 55.9 Å². The van der Waals surface area contributed by atoms with Crippen LogP contribution in [-0.2, 0) is 0 Å². The first-order valence-corrected chi connectivity index (χ1v) is 9.49. The second-order valence-electron chi connectivity index (χ2n) is 7.62. The Kier molecular flexibility index (Phi) is 19.9. The Morgan fingerprint density at radius 3 is 1.08 bits per heavy atom. The van der Waals surface area contributed by atoms with Crippen LogP contribution in [0, 0.1) is 0 Å². The molecule has 0 aliphatic heterocycles. The van der Waals surface area contributed by atoms with E-state index in [1.165, 1.54) is 73.7 Å². The van der Waals surface area contributed by atoms with Crippen molar-refractivity contribution in [3.8, 4) is 0 Å². The lowest BCUT2D eigenvalue weighted by atomic mass is 10.2. The van der Waals surface area contributed by atoms with E-state index in [0.29, 0.717) is 0 Å². The van der Waals surface area contributed by atoms with Gasteiger partial charge in [0.2, 0.25) is 0 Å². The molecular formula is C19H44N2O3. The molecule has 24 heavy (non-hydrogen) atoms. The van der Waals surface area contributed by atoms with Gasteiger partial charge in [-0.25, -0.2) is 0 Å². The minimum atomic E-state index is -2.33. The van der Waals surface area contributed by atoms with Crippen LogP contribution >= 0.6 is 0 Å². The predicted molar refractivity (Wildman–Crippen MR) is 99.5 cm³/mol. The molecule has 0 aromatic heterocycles. The van der Waals surface area contributed by atoms with Crippen LogP contribution in [-0.4, -0.2) is 69.5 Å². The van der Waals surface area contributed by atoms with Crippen molar-refractivity contribution in [2.75, 3.05) is 54.4 Å². The summed E-state index contributed by atoms with van der Waals surface area (Å²) in [6, 6.07) is 0. The maximum Gasteiger partial charge on any atom is 0.0782 e. The molecule has 0 radical (unpaired) electrons. The summed E-state index contributed by atoms with van der Waals surface area (Å²) >= 11 is 0. The predicted octanol–water partition coefficient (Wildman–Crippen LogP) is 2.10. The highest BCUT2D eigenvalue weighted by Crippen LogP contribution is 2.02. The normalized spacial score (nSPS) is 11.0. The number of carboxylic acid groups (broad SMARTS) is 2. The monoisotopic (exact) mass is 348 g/mol. The van der Waals surface area contributed by atoms with E-state index >= 15 is 0 Å². The van der Waals surface area contributed by atoms with Crippen LogP contribution in [0.15, 0.2) is 0 Å². The molecule has 5 nitrogen and oxygen atoms in total. The molecule has 0 fully saturated rings. The van der Waals surface area contributed by atoms with Crippen LogP contribution < -0.4 is 10.2 Å². The van der Waals surface area contributed by atoms with Crippen LogP contribution in [0.3, 0.4) is 0 Å². The topological polar surface area (TPSA) is 63.2 Å². The summed E-state index contributed by atoms with van der Waals surface area (Å²) in [7, 11) is 9.20. The summed E-state index contributed by atoms with van der Waals surface area (Å²) in [6.07, 6.45) is 5.89. The molecule has 0 aliphatic carbocycles. The lowest BCUT2D eigenvalue weighted by molar-refractivity contribution is -0.888. The quantitative estimate of drug-likeness (QED) is 0.449. The van der Waals surface area contributed by atoms with Gasteiger partial charge in [0, 0.05) is 0 Å². The Morgan fingerprint density at radius 2 is 0.917 bits per heavy atom. The minimum Gasteiger partial charge on any atom is -0.652 e. The van der Waals surface area contributed by atoms with E-state index in [-0.39, 0.29) is 0 Å². The maximum atomic E-state index is 8.33. The fourth-order valence-electron chi connectivity index (χ4n) is 1.90. The van der Waals surface area contributed by atoms with Crippen molar-refractivity contribution >= 4 is 6.16 Å². The SMILES string of the molecule is CCCCC[N+](C)(C)CC.CCCCC[N+](C)(C)CC.O=C([O-])[O-]. The van der Waals surface area contributed by atoms with Crippen molar-refractivity contribution in [2.45, 2.75) is 66.2 Å². The molecule has 148 valence electrons. The van der Waals surface area contributed by atoms with Gasteiger partial charge < -0.3 is 24.0 Å². The summed E-state index contributed by atoms with van der Waals surface area (Å²) in [4.78, 5) is 8.33. The van der Waals surface area contributed by atoms with E-state index in [1.807, 2.05) is 0 Å². The summed E-state index contributed by atoms with van der Waals surface area (Å²) in [5.41, 5.74) is 0. The zero-order valence-electron chi connectivity index (χ0n) is 17.7. The third-order valence-corrected chi connectivity index (χ3v) is 4.45. The number of unbranched alkanes of at least 4 members (excludes halogenated alkanes) is 4. The van der Waals surface area contributed by atoms with Crippen molar-refractivity contribution in [3.05, 3.63) is 0 Å². The van der Waals surface area contributed by atoms with Crippen molar-refractivity contribution in [3.63, 3.8) is 0 Å². The third kappa shape index (κ3) is 29.2. The van der Waals surface area contributed by atoms with Crippen LogP contribution in [0.5, 0.6) is 0 Å². The van der Waals surface area contributed by atoms with Gasteiger partial charge >= 0.3 is 0 Å². The summed E-state index contributed by atoms with van der Waals surface area (Å²) in [5, 5.41) is 16.7. The molecule has 0 aromatic rings. The lowest BCUT2D eigenvalue weighted by Gasteiger charge is -2.27. The van der Waals surface area contributed by atoms with Crippen LogP contribution in [0.2, 0.25) is 0 Å². The van der Waals surface area contributed by atoms with E-state index < -0.39 is 6.16 Å². The molecule has 0 bridgehead atoms. The molecule has 0 rings (SSSR count). The average molecular weight is 349 g/mol. The van der Waals surface area contributed by atoms with Gasteiger partial charge in [-0.1, -0.05) is 26.7 Å². The standard InChI is InChI=1S/2C9H22N.CH2O3/c2*1-5-7-8-9-10(3,4)6-2;2-1(3)4/h2*5-9H2,1-4H3;(H2,2,3,4)/q2*+1;/p-2. The van der Waals surface area contributed by atoms with Crippen molar-refractivity contribution in [1.82, 2.24) is 0 Å². The number of quaternary nitrogens is 2. The van der Waals surface area contributed by atoms with Crippen LogP contribution in [0.25, 0.3) is 0 Å². The summed E-state index contributed by atoms with van der Waals surface area (Å²) < 4.78 is 2.36. The highest BCUT2D eigenvalue weighted by molar-refractivity contribution is 5.47. The first-order chi connectivity index (χ1) is 11.0. The molecule has 0 saturated heterocycles. The Morgan fingerprint density at radius 1 is 0.667 bits per heavy atom. The zero-order chi connectivity index (χ0) is 19.6. The largest absolute Gasteiger partial charge is 0.652 e.